The molecule has 2 fully saturated rings. The van der Waals surface area contributed by atoms with Crippen LogP contribution in [0.3, 0.4) is 0 Å². The van der Waals surface area contributed by atoms with Crippen molar-refractivity contribution in [3.63, 3.8) is 0 Å². The van der Waals surface area contributed by atoms with Crippen LogP contribution in [0.15, 0.2) is 6.07 Å². The number of carbonyl (C=O) groups excluding carboxylic acids is 2. The van der Waals surface area contributed by atoms with Gasteiger partial charge in [-0.05, 0) is 26.2 Å². The van der Waals surface area contributed by atoms with Gasteiger partial charge in [0.15, 0.2) is 6.29 Å². The molecular weight excluding hydrogens is 384 g/mol. The molecule has 10 nitrogen and oxygen atoms in total. The minimum absolute atomic E-state index is 0.0483. The highest BCUT2D eigenvalue weighted by molar-refractivity contribution is 7.88. The Hall–Kier alpha value is -1.98. The second-order valence-corrected chi connectivity index (χ2v) is 9.47. The van der Waals surface area contributed by atoms with Gasteiger partial charge in [0.1, 0.15) is 5.82 Å². The fourth-order valence-electron chi connectivity index (χ4n) is 3.64. The largest absolute Gasteiger partial charge is 0.322 e. The molecule has 0 bridgehead atoms. The zero-order valence-electron chi connectivity index (χ0n) is 16.4. The maximum atomic E-state index is 12.7. The lowest BCUT2D eigenvalue weighted by atomic mass is 9.97. The average molecular weight is 413 g/mol. The smallest absolute Gasteiger partial charge is 0.228 e. The van der Waals surface area contributed by atoms with Gasteiger partial charge < -0.3 is 10.6 Å². The summed E-state index contributed by atoms with van der Waals surface area (Å²) in [6, 6.07) is 1.81. The first-order valence-corrected chi connectivity index (χ1v) is 11.4. The van der Waals surface area contributed by atoms with Crippen molar-refractivity contribution in [3.05, 3.63) is 11.8 Å². The summed E-state index contributed by atoms with van der Waals surface area (Å²) in [6.07, 6.45) is 2.83. The molecule has 0 radical (unpaired) electrons. The maximum Gasteiger partial charge on any atom is 0.228 e. The zero-order chi connectivity index (χ0) is 20.5. The van der Waals surface area contributed by atoms with Crippen LogP contribution in [0.5, 0.6) is 0 Å². The van der Waals surface area contributed by atoms with E-state index < -0.39 is 16.3 Å². The summed E-state index contributed by atoms with van der Waals surface area (Å²) < 4.78 is 26.2. The predicted octanol–water partition coefficient (Wildman–Crippen LogP) is 0.146. The summed E-state index contributed by atoms with van der Waals surface area (Å²) in [5, 5.41) is 13.5. The third-order valence-corrected chi connectivity index (χ3v) is 6.57. The van der Waals surface area contributed by atoms with Gasteiger partial charge in [0.25, 0.3) is 0 Å². The van der Waals surface area contributed by atoms with Crippen molar-refractivity contribution >= 4 is 27.7 Å². The number of nitrogens with one attached hydrogen (secondary N) is 3. The second kappa shape index (κ2) is 8.18. The lowest BCUT2D eigenvalue weighted by molar-refractivity contribution is -0.125. The van der Waals surface area contributed by atoms with Crippen LogP contribution in [-0.2, 0) is 19.6 Å². The Morgan fingerprint density at radius 1 is 1.36 bits per heavy atom. The van der Waals surface area contributed by atoms with Crippen molar-refractivity contribution in [2.24, 2.45) is 5.92 Å². The van der Waals surface area contributed by atoms with E-state index in [0.717, 1.165) is 12.1 Å². The Balaban J connectivity index is 1.68. The van der Waals surface area contributed by atoms with E-state index in [9.17, 15) is 18.0 Å². The van der Waals surface area contributed by atoms with E-state index in [4.69, 9.17) is 0 Å². The van der Waals surface area contributed by atoms with Gasteiger partial charge in [-0.25, -0.2) is 17.4 Å². The number of sulfonamides is 1. The number of amides is 2. The van der Waals surface area contributed by atoms with Crippen LogP contribution in [0.25, 0.3) is 0 Å². The van der Waals surface area contributed by atoms with Gasteiger partial charge >= 0.3 is 0 Å². The lowest BCUT2D eigenvalue weighted by Crippen LogP contribution is -2.53. The summed E-state index contributed by atoms with van der Waals surface area (Å²) in [5.74, 6) is 0.0132. The number of hydrogen-bond donors (Lipinski definition) is 3. The molecule has 2 aliphatic heterocycles. The van der Waals surface area contributed by atoms with E-state index in [1.165, 1.54) is 10.6 Å². The SMILES string of the molecule is CCC1CC(=O)NC(n2nc(C)cc2NC(=O)C2CCN(S(C)(=O)=O)CC2)N1. The Morgan fingerprint density at radius 3 is 2.64 bits per heavy atom. The van der Waals surface area contributed by atoms with Crippen LogP contribution in [0.4, 0.5) is 5.82 Å². The third-order valence-electron chi connectivity index (χ3n) is 5.26. The van der Waals surface area contributed by atoms with Gasteiger partial charge in [-0.1, -0.05) is 6.92 Å². The molecule has 3 heterocycles. The topological polar surface area (TPSA) is 125 Å². The number of nitrogens with zero attached hydrogens (tertiary/aromatic N) is 3. The molecule has 3 N–H and O–H groups in total. The molecule has 11 heteroatoms. The van der Waals surface area contributed by atoms with E-state index in [-0.39, 0.29) is 23.8 Å². The molecule has 2 unspecified atom stereocenters. The van der Waals surface area contributed by atoms with Gasteiger partial charge in [-0.2, -0.15) is 5.10 Å². The number of piperidine rings is 1. The van der Waals surface area contributed by atoms with Crippen LogP contribution >= 0.6 is 0 Å². The van der Waals surface area contributed by atoms with Gasteiger partial charge in [-0.3, -0.25) is 14.9 Å². The second-order valence-electron chi connectivity index (χ2n) is 7.49. The molecule has 2 aliphatic rings. The molecule has 2 saturated heterocycles. The third kappa shape index (κ3) is 4.70. The number of aryl methyl sites for hydroxylation is 1. The number of hydrogen-bond acceptors (Lipinski definition) is 6. The predicted molar refractivity (Wildman–Crippen MR) is 104 cm³/mol. The van der Waals surface area contributed by atoms with E-state index in [0.29, 0.717) is 38.2 Å². The highest BCUT2D eigenvalue weighted by Crippen LogP contribution is 2.23. The van der Waals surface area contributed by atoms with Crippen LogP contribution in [-0.4, -0.2) is 59.7 Å². The van der Waals surface area contributed by atoms with Gasteiger partial charge in [0, 0.05) is 37.5 Å². The molecule has 0 spiro atoms. The minimum atomic E-state index is -3.23. The molecule has 156 valence electrons. The molecule has 0 aliphatic carbocycles. The molecule has 3 rings (SSSR count). The van der Waals surface area contributed by atoms with E-state index in [2.05, 4.69) is 21.0 Å². The quantitative estimate of drug-likeness (QED) is 0.632. The van der Waals surface area contributed by atoms with Crippen molar-refractivity contribution in [1.82, 2.24) is 24.7 Å². The van der Waals surface area contributed by atoms with E-state index in [1.807, 2.05) is 13.8 Å². The Labute approximate surface area is 165 Å². The highest BCUT2D eigenvalue weighted by atomic mass is 32.2. The number of aromatic nitrogens is 2. The van der Waals surface area contributed by atoms with Gasteiger partial charge in [0.05, 0.1) is 11.9 Å². The average Bonchev–Trinajstić information content (AvgIpc) is 3.00. The Bertz CT molecular complexity index is 844. The van der Waals surface area contributed by atoms with Gasteiger partial charge in [0.2, 0.25) is 21.8 Å². The fourth-order valence-corrected chi connectivity index (χ4v) is 4.51. The monoisotopic (exact) mass is 412 g/mol. The number of anilines is 1. The summed E-state index contributed by atoms with van der Waals surface area (Å²) in [5.41, 5.74) is 0.719. The van der Waals surface area contributed by atoms with Crippen molar-refractivity contribution in [2.45, 2.75) is 51.9 Å². The Kier molecular flexibility index (Phi) is 6.06. The maximum absolute atomic E-state index is 12.7. The first-order chi connectivity index (χ1) is 13.2. The standard InChI is InChI=1S/C17H28N6O4S/c1-4-13-10-15(24)20-17(18-13)23-14(9-11(2)21-23)19-16(25)12-5-7-22(8-6-12)28(3,26)27/h9,12-13,17-18H,4-8,10H2,1-3H3,(H,19,25)(H,20,24). The van der Waals surface area contributed by atoms with Crippen molar-refractivity contribution in [3.8, 4) is 0 Å². The lowest BCUT2D eigenvalue weighted by Gasteiger charge is -2.32. The molecule has 0 aromatic carbocycles. The number of carbonyl (C=O) groups is 2. The van der Waals surface area contributed by atoms with Crippen molar-refractivity contribution in [2.75, 3.05) is 24.7 Å². The highest BCUT2D eigenvalue weighted by Gasteiger charge is 2.31. The van der Waals surface area contributed by atoms with Crippen molar-refractivity contribution < 1.29 is 18.0 Å². The van der Waals surface area contributed by atoms with Crippen LogP contribution in [0, 0.1) is 12.8 Å². The van der Waals surface area contributed by atoms with Crippen molar-refractivity contribution in [1.29, 1.82) is 0 Å². The first kappa shape index (κ1) is 20.7. The molecule has 28 heavy (non-hydrogen) atoms. The summed E-state index contributed by atoms with van der Waals surface area (Å²) >= 11 is 0. The number of rotatable bonds is 5. The van der Waals surface area contributed by atoms with Gasteiger partial charge in [-0.15, -0.1) is 0 Å². The summed E-state index contributed by atoms with van der Waals surface area (Å²) in [7, 11) is -3.23. The molecule has 2 amide bonds. The zero-order valence-corrected chi connectivity index (χ0v) is 17.3. The van der Waals surface area contributed by atoms with E-state index >= 15 is 0 Å². The molecular formula is C17H28N6O4S. The first-order valence-electron chi connectivity index (χ1n) is 9.55. The fraction of sp³-hybridized carbons (Fsp3) is 0.706. The molecule has 0 saturated carbocycles. The summed E-state index contributed by atoms with van der Waals surface area (Å²) in [6.45, 7) is 4.51. The Morgan fingerprint density at radius 2 is 2.04 bits per heavy atom. The molecule has 2 atom stereocenters. The summed E-state index contributed by atoms with van der Waals surface area (Å²) in [4.78, 5) is 24.7. The normalized spacial score (nSPS) is 24.8. The van der Waals surface area contributed by atoms with Crippen LogP contribution in [0.1, 0.15) is 44.6 Å². The van der Waals surface area contributed by atoms with Crippen LogP contribution < -0.4 is 16.0 Å². The van der Waals surface area contributed by atoms with E-state index in [1.54, 1.807) is 10.7 Å². The minimum Gasteiger partial charge on any atom is -0.322 e. The molecule has 1 aromatic heterocycles. The molecule has 1 aromatic rings. The van der Waals surface area contributed by atoms with Crippen LogP contribution in [0.2, 0.25) is 0 Å².